The Bertz CT molecular complexity index is 242. The maximum Gasteiger partial charge on any atom is 0.276 e. The fourth-order valence-corrected chi connectivity index (χ4v) is 1.87. The molecule has 3 heteroatoms. The molecule has 0 aromatic heterocycles. The second kappa shape index (κ2) is 3.87. The van der Waals surface area contributed by atoms with E-state index in [0.717, 1.165) is 0 Å². The summed E-state index contributed by atoms with van der Waals surface area (Å²) < 4.78 is 32.5. The van der Waals surface area contributed by atoms with Crippen LogP contribution in [0.15, 0.2) is 11.3 Å². The van der Waals surface area contributed by atoms with Crippen molar-refractivity contribution < 1.29 is 13.5 Å². The van der Waals surface area contributed by atoms with Crippen LogP contribution in [0.2, 0.25) is 0 Å². The molecule has 0 aliphatic carbocycles. The third-order valence-electron chi connectivity index (χ3n) is 2.43. The molecule has 0 bridgehead atoms. The van der Waals surface area contributed by atoms with E-state index in [1.165, 1.54) is 0 Å². The minimum absolute atomic E-state index is 0.0403. The van der Waals surface area contributed by atoms with Crippen molar-refractivity contribution in [3.05, 3.63) is 11.3 Å². The van der Waals surface area contributed by atoms with Crippen LogP contribution in [0.1, 0.15) is 34.1 Å². The van der Waals surface area contributed by atoms with Crippen LogP contribution in [0, 0.1) is 11.8 Å². The molecule has 1 aliphatic heterocycles. The lowest BCUT2D eigenvalue weighted by atomic mass is 9.89. The molecule has 0 atom stereocenters. The first-order valence-electron chi connectivity index (χ1n) is 5.11. The van der Waals surface area contributed by atoms with E-state index in [9.17, 15) is 8.78 Å². The standard InChI is InChI=1S/C11H18F2O/c1-7(2)9-10(8(3)4)14-6-5-11(9,12)13/h7-8H,5-6H2,1-4H3. The van der Waals surface area contributed by atoms with Crippen LogP contribution in [0.25, 0.3) is 0 Å². The predicted octanol–water partition coefficient (Wildman–Crippen LogP) is 3.61. The smallest absolute Gasteiger partial charge is 0.276 e. The summed E-state index contributed by atoms with van der Waals surface area (Å²) >= 11 is 0. The van der Waals surface area contributed by atoms with Crippen molar-refractivity contribution in [2.75, 3.05) is 6.61 Å². The average Bonchev–Trinajstić information content (AvgIpc) is 2.00. The fourth-order valence-electron chi connectivity index (χ4n) is 1.87. The predicted molar refractivity (Wildman–Crippen MR) is 52.2 cm³/mol. The zero-order chi connectivity index (χ0) is 10.9. The Morgan fingerprint density at radius 3 is 2.07 bits per heavy atom. The summed E-state index contributed by atoms with van der Waals surface area (Å²) in [7, 11) is 0. The molecule has 0 spiro atoms. The second-order valence-corrected chi connectivity index (χ2v) is 4.39. The molecule has 0 unspecified atom stereocenters. The zero-order valence-electron chi connectivity index (χ0n) is 9.23. The van der Waals surface area contributed by atoms with Gasteiger partial charge in [-0.25, -0.2) is 8.78 Å². The molecule has 1 heterocycles. The number of allylic oxidation sites excluding steroid dienone is 2. The molecule has 0 N–H and O–H groups in total. The van der Waals surface area contributed by atoms with Crippen LogP contribution in [-0.2, 0) is 4.74 Å². The Balaban J connectivity index is 3.13. The minimum atomic E-state index is -2.67. The monoisotopic (exact) mass is 204 g/mol. The molecule has 0 aromatic rings. The van der Waals surface area contributed by atoms with Gasteiger partial charge >= 0.3 is 0 Å². The molecule has 14 heavy (non-hydrogen) atoms. The van der Waals surface area contributed by atoms with Gasteiger partial charge in [0.25, 0.3) is 5.92 Å². The van der Waals surface area contributed by atoms with Gasteiger partial charge in [0.1, 0.15) is 5.76 Å². The zero-order valence-corrected chi connectivity index (χ0v) is 9.23. The van der Waals surface area contributed by atoms with Crippen LogP contribution in [-0.4, -0.2) is 12.5 Å². The van der Waals surface area contributed by atoms with Crippen molar-refractivity contribution in [2.45, 2.75) is 40.0 Å². The Morgan fingerprint density at radius 1 is 1.14 bits per heavy atom. The highest BCUT2D eigenvalue weighted by Crippen LogP contribution is 2.40. The van der Waals surface area contributed by atoms with Crippen molar-refractivity contribution in [3.63, 3.8) is 0 Å². The van der Waals surface area contributed by atoms with Crippen molar-refractivity contribution in [1.82, 2.24) is 0 Å². The number of halogens is 2. The van der Waals surface area contributed by atoms with E-state index < -0.39 is 5.92 Å². The average molecular weight is 204 g/mol. The summed E-state index contributed by atoms with van der Waals surface area (Å²) in [5, 5.41) is 0. The van der Waals surface area contributed by atoms with Crippen LogP contribution in [0.5, 0.6) is 0 Å². The van der Waals surface area contributed by atoms with Crippen molar-refractivity contribution >= 4 is 0 Å². The molecule has 0 saturated carbocycles. The first-order valence-corrected chi connectivity index (χ1v) is 5.11. The van der Waals surface area contributed by atoms with E-state index in [4.69, 9.17) is 4.74 Å². The van der Waals surface area contributed by atoms with Gasteiger partial charge in [0.2, 0.25) is 0 Å². The van der Waals surface area contributed by atoms with Gasteiger partial charge in [-0.15, -0.1) is 0 Å². The topological polar surface area (TPSA) is 9.23 Å². The van der Waals surface area contributed by atoms with Crippen LogP contribution in [0.4, 0.5) is 8.78 Å². The maximum atomic E-state index is 13.6. The van der Waals surface area contributed by atoms with Gasteiger partial charge in [0, 0.05) is 17.9 Å². The summed E-state index contributed by atoms with van der Waals surface area (Å²) in [5.41, 5.74) is 0.193. The molecular formula is C11H18F2O. The van der Waals surface area contributed by atoms with Gasteiger partial charge in [0.05, 0.1) is 6.61 Å². The van der Waals surface area contributed by atoms with Gasteiger partial charge in [-0.3, -0.25) is 0 Å². The lowest BCUT2D eigenvalue weighted by molar-refractivity contribution is -0.0297. The van der Waals surface area contributed by atoms with Gasteiger partial charge in [-0.05, 0) is 5.92 Å². The lowest BCUT2D eigenvalue weighted by Crippen LogP contribution is -2.32. The summed E-state index contributed by atoms with van der Waals surface area (Å²) in [4.78, 5) is 0. The van der Waals surface area contributed by atoms with Gasteiger partial charge < -0.3 is 4.74 Å². The summed E-state index contributed by atoms with van der Waals surface area (Å²) in [6, 6.07) is 0. The van der Waals surface area contributed by atoms with Crippen molar-refractivity contribution in [3.8, 4) is 0 Å². The quantitative estimate of drug-likeness (QED) is 0.667. The van der Waals surface area contributed by atoms with Gasteiger partial charge in [-0.2, -0.15) is 0 Å². The van der Waals surface area contributed by atoms with E-state index in [0.29, 0.717) is 5.76 Å². The van der Waals surface area contributed by atoms with E-state index in [1.54, 1.807) is 13.8 Å². The first-order chi connectivity index (χ1) is 6.36. The number of hydrogen-bond acceptors (Lipinski definition) is 1. The summed E-state index contributed by atoms with van der Waals surface area (Å²) in [6.45, 7) is 7.50. The number of rotatable bonds is 2. The lowest BCUT2D eigenvalue weighted by Gasteiger charge is -2.32. The molecule has 1 rings (SSSR count). The number of hydrogen-bond donors (Lipinski definition) is 0. The van der Waals surface area contributed by atoms with E-state index in [1.807, 2.05) is 13.8 Å². The van der Waals surface area contributed by atoms with E-state index >= 15 is 0 Å². The van der Waals surface area contributed by atoms with Gasteiger partial charge in [-0.1, -0.05) is 27.7 Å². The number of alkyl halides is 2. The summed E-state index contributed by atoms with van der Waals surface area (Å²) in [6.07, 6.45) is -0.184. The highest BCUT2D eigenvalue weighted by molar-refractivity contribution is 5.22. The van der Waals surface area contributed by atoms with E-state index in [-0.39, 0.29) is 30.4 Å². The van der Waals surface area contributed by atoms with E-state index in [2.05, 4.69) is 0 Å². The molecule has 0 amide bonds. The highest BCUT2D eigenvalue weighted by Gasteiger charge is 2.42. The van der Waals surface area contributed by atoms with Crippen molar-refractivity contribution in [1.29, 1.82) is 0 Å². The van der Waals surface area contributed by atoms with Crippen LogP contribution >= 0.6 is 0 Å². The third kappa shape index (κ3) is 2.07. The molecule has 0 radical (unpaired) electrons. The summed E-state index contributed by atoms with van der Waals surface area (Å²) in [5.74, 6) is -2.29. The second-order valence-electron chi connectivity index (χ2n) is 4.39. The molecular weight excluding hydrogens is 186 g/mol. The Morgan fingerprint density at radius 2 is 1.71 bits per heavy atom. The molecule has 1 aliphatic rings. The van der Waals surface area contributed by atoms with Crippen molar-refractivity contribution in [2.24, 2.45) is 11.8 Å². The molecule has 0 aromatic carbocycles. The molecule has 1 nitrogen and oxygen atoms in total. The largest absolute Gasteiger partial charge is 0.497 e. The third-order valence-corrected chi connectivity index (χ3v) is 2.43. The SMILES string of the molecule is CC(C)C1=C(C(C)C)C(F)(F)CCO1. The minimum Gasteiger partial charge on any atom is -0.497 e. The van der Waals surface area contributed by atoms with Crippen LogP contribution in [0.3, 0.4) is 0 Å². The normalized spacial score (nSPS) is 21.7. The number of ether oxygens (including phenoxy) is 1. The molecule has 0 fully saturated rings. The highest BCUT2D eigenvalue weighted by atomic mass is 19.3. The Labute approximate surface area is 84.1 Å². The van der Waals surface area contributed by atoms with Gasteiger partial charge in [0.15, 0.2) is 0 Å². The molecule has 0 saturated heterocycles. The fraction of sp³-hybridized carbons (Fsp3) is 0.818. The Hall–Kier alpha value is -0.600. The molecule has 82 valence electrons. The first kappa shape index (κ1) is 11.5. The maximum absolute atomic E-state index is 13.6. The van der Waals surface area contributed by atoms with Crippen LogP contribution < -0.4 is 0 Å². The Kier molecular flexibility index (Phi) is 3.17.